The normalized spacial score (nSPS) is 15.0. The highest BCUT2D eigenvalue weighted by atomic mass is 35.5. The predicted molar refractivity (Wildman–Crippen MR) is 125 cm³/mol. The minimum atomic E-state index is -0.734. The fourth-order valence-electron chi connectivity index (χ4n) is 3.01. The van der Waals surface area contributed by atoms with Gasteiger partial charge in [0.15, 0.2) is 10.9 Å². The van der Waals surface area contributed by atoms with E-state index in [1.54, 1.807) is 36.4 Å². The maximum atomic E-state index is 13.0. The van der Waals surface area contributed by atoms with Gasteiger partial charge in [0.2, 0.25) is 0 Å². The molecule has 1 fully saturated rings. The number of carbonyl (C=O) groups is 3. The maximum Gasteiger partial charge on any atom is 0.270 e. The van der Waals surface area contributed by atoms with Gasteiger partial charge in [-0.05, 0) is 72.9 Å². The van der Waals surface area contributed by atoms with Crippen molar-refractivity contribution in [3.63, 3.8) is 0 Å². The molecule has 0 aliphatic carbocycles. The van der Waals surface area contributed by atoms with Crippen LogP contribution >= 0.6 is 23.8 Å². The molecule has 2 amide bonds. The number of nitrogens with one attached hydrogen (secondary N) is 1. The smallest absolute Gasteiger partial charge is 0.270 e. The summed E-state index contributed by atoms with van der Waals surface area (Å²) in [4.78, 5) is 39.1. The first-order valence-corrected chi connectivity index (χ1v) is 10.3. The van der Waals surface area contributed by atoms with E-state index in [4.69, 9.17) is 28.6 Å². The summed E-state index contributed by atoms with van der Waals surface area (Å²) in [5.41, 5.74) is 0.401. The second-order valence-electron chi connectivity index (χ2n) is 6.74. The number of nitrogens with zero attached hydrogens (tertiary/aromatic N) is 1. The fourth-order valence-corrected chi connectivity index (χ4v) is 3.42. The molecule has 0 radical (unpaired) electrons. The van der Waals surface area contributed by atoms with E-state index in [1.807, 2.05) is 30.3 Å². The van der Waals surface area contributed by atoms with Crippen LogP contribution in [0.1, 0.15) is 10.4 Å². The number of halogens is 1. The number of anilines is 1. The molecule has 1 saturated heterocycles. The summed E-state index contributed by atoms with van der Waals surface area (Å²) in [6.07, 6.45) is 1.00. The summed E-state index contributed by atoms with van der Waals surface area (Å²) in [5, 5.41) is 2.85. The minimum absolute atomic E-state index is 0.0761. The molecule has 3 aromatic rings. The Balaban J connectivity index is 1.58. The van der Waals surface area contributed by atoms with E-state index >= 15 is 0 Å². The van der Waals surface area contributed by atoms with Gasteiger partial charge in [0, 0.05) is 16.7 Å². The number of para-hydroxylation sites is 1. The molecule has 8 heteroatoms. The van der Waals surface area contributed by atoms with E-state index < -0.39 is 17.6 Å². The van der Waals surface area contributed by atoms with Crippen LogP contribution in [0.25, 0.3) is 0 Å². The van der Waals surface area contributed by atoms with Crippen LogP contribution in [0.3, 0.4) is 0 Å². The molecular weight excluding hydrogens is 448 g/mol. The van der Waals surface area contributed by atoms with Crippen molar-refractivity contribution in [3.8, 4) is 11.5 Å². The Hall–Kier alpha value is -3.81. The lowest BCUT2D eigenvalue weighted by Crippen LogP contribution is -2.54. The topological polar surface area (TPSA) is 75.7 Å². The van der Waals surface area contributed by atoms with Crippen molar-refractivity contribution in [2.45, 2.75) is 0 Å². The maximum absolute atomic E-state index is 13.0. The molecule has 1 aliphatic heterocycles. The van der Waals surface area contributed by atoms with Crippen LogP contribution in [0, 0.1) is 0 Å². The second-order valence-corrected chi connectivity index (χ2v) is 7.56. The van der Waals surface area contributed by atoms with Gasteiger partial charge in [-0.15, -0.1) is 0 Å². The van der Waals surface area contributed by atoms with Gasteiger partial charge >= 0.3 is 0 Å². The van der Waals surface area contributed by atoms with Gasteiger partial charge in [-0.25, -0.2) is 0 Å². The average molecular weight is 463 g/mol. The molecule has 32 heavy (non-hydrogen) atoms. The number of rotatable bonds is 5. The van der Waals surface area contributed by atoms with Gasteiger partial charge in [0.1, 0.15) is 17.1 Å². The van der Waals surface area contributed by atoms with Gasteiger partial charge in [0.05, 0.1) is 5.69 Å². The van der Waals surface area contributed by atoms with Gasteiger partial charge in [-0.2, -0.15) is 0 Å². The number of benzene rings is 3. The Morgan fingerprint density at radius 2 is 1.53 bits per heavy atom. The number of hydrogen-bond acceptors (Lipinski definition) is 5. The second kappa shape index (κ2) is 9.13. The molecule has 158 valence electrons. The molecule has 1 heterocycles. The van der Waals surface area contributed by atoms with Crippen LogP contribution in [0.4, 0.5) is 5.69 Å². The Labute approximate surface area is 194 Å². The van der Waals surface area contributed by atoms with Crippen molar-refractivity contribution < 1.29 is 19.1 Å². The monoisotopic (exact) mass is 462 g/mol. The minimum Gasteiger partial charge on any atom is -0.457 e. The fraction of sp³-hybridized carbons (Fsp3) is 0. The Bertz CT molecular complexity index is 1240. The number of thiocarbonyl (C=S) groups is 1. The highest BCUT2D eigenvalue weighted by molar-refractivity contribution is 7.80. The molecule has 3 aromatic carbocycles. The van der Waals surface area contributed by atoms with Gasteiger partial charge < -0.3 is 4.74 Å². The summed E-state index contributed by atoms with van der Waals surface area (Å²) in [6, 6.07) is 22.0. The Morgan fingerprint density at radius 1 is 0.906 bits per heavy atom. The molecule has 0 bridgehead atoms. The highest BCUT2D eigenvalue weighted by Crippen LogP contribution is 2.26. The van der Waals surface area contributed by atoms with Crippen molar-refractivity contribution in [2.24, 2.45) is 0 Å². The largest absolute Gasteiger partial charge is 0.457 e. The zero-order valence-electron chi connectivity index (χ0n) is 16.4. The zero-order chi connectivity index (χ0) is 22.7. The third-order valence-electron chi connectivity index (χ3n) is 4.58. The van der Waals surface area contributed by atoms with Crippen LogP contribution in [-0.2, 0) is 9.59 Å². The van der Waals surface area contributed by atoms with Crippen LogP contribution in [0.2, 0.25) is 5.02 Å². The molecule has 0 unspecified atom stereocenters. The molecule has 0 spiro atoms. The van der Waals surface area contributed by atoms with E-state index in [9.17, 15) is 14.4 Å². The first kappa shape index (κ1) is 21.4. The SMILES string of the molecule is O=C1NC(=S)N(c2ccc(Oc3ccccc3)cc2)C(=O)C1=CC(=O)c1ccc(Cl)cc1. The van der Waals surface area contributed by atoms with E-state index in [2.05, 4.69) is 5.32 Å². The average Bonchev–Trinajstić information content (AvgIpc) is 2.79. The summed E-state index contributed by atoms with van der Waals surface area (Å²) in [6.45, 7) is 0. The van der Waals surface area contributed by atoms with Crippen molar-refractivity contribution in [3.05, 3.63) is 101 Å². The Kier molecular flexibility index (Phi) is 6.11. The van der Waals surface area contributed by atoms with E-state index in [0.29, 0.717) is 27.8 Å². The predicted octanol–water partition coefficient (Wildman–Crippen LogP) is 4.69. The highest BCUT2D eigenvalue weighted by Gasteiger charge is 2.35. The number of allylic oxidation sites excluding steroid dienone is 1. The number of hydrogen-bond donors (Lipinski definition) is 1. The third kappa shape index (κ3) is 4.59. The molecule has 4 rings (SSSR count). The summed E-state index contributed by atoms with van der Waals surface area (Å²) < 4.78 is 5.75. The zero-order valence-corrected chi connectivity index (χ0v) is 18.0. The van der Waals surface area contributed by atoms with Crippen molar-refractivity contribution in [2.75, 3.05) is 4.90 Å². The molecule has 6 nitrogen and oxygen atoms in total. The first-order chi connectivity index (χ1) is 15.4. The lowest BCUT2D eigenvalue weighted by molar-refractivity contribution is -0.122. The van der Waals surface area contributed by atoms with Crippen LogP contribution in [0.5, 0.6) is 11.5 Å². The van der Waals surface area contributed by atoms with E-state index in [1.165, 1.54) is 12.1 Å². The van der Waals surface area contributed by atoms with Gasteiger partial charge in [0.25, 0.3) is 11.8 Å². The van der Waals surface area contributed by atoms with Gasteiger partial charge in [-0.3, -0.25) is 24.6 Å². The van der Waals surface area contributed by atoms with Gasteiger partial charge in [-0.1, -0.05) is 29.8 Å². The standard InChI is InChI=1S/C24H15ClN2O4S/c25-16-8-6-15(7-9-16)21(28)14-20-22(29)26-24(32)27(23(20)30)17-10-12-19(13-11-17)31-18-4-2-1-3-5-18/h1-14H,(H,26,29,32). The Morgan fingerprint density at radius 3 is 2.19 bits per heavy atom. The van der Waals surface area contributed by atoms with Crippen molar-refractivity contribution >= 4 is 52.2 Å². The van der Waals surface area contributed by atoms with Crippen LogP contribution < -0.4 is 15.0 Å². The van der Waals surface area contributed by atoms with Crippen molar-refractivity contribution in [1.29, 1.82) is 0 Å². The number of carbonyl (C=O) groups excluding carboxylic acids is 3. The number of ether oxygens (including phenoxy) is 1. The molecular formula is C24H15ClN2O4S. The summed E-state index contributed by atoms with van der Waals surface area (Å²) in [5.74, 6) is -0.698. The number of amides is 2. The van der Waals surface area contributed by atoms with Crippen LogP contribution in [-0.4, -0.2) is 22.7 Å². The molecule has 0 atom stereocenters. The molecule has 1 N–H and O–H groups in total. The third-order valence-corrected chi connectivity index (χ3v) is 5.12. The summed E-state index contributed by atoms with van der Waals surface area (Å²) in [7, 11) is 0. The molecule has 1 aliphatic rings. The van der Waals surface area contributed by atoms with Crippen molar-refractivity contribution in [1.82, 2.24) is 5.32 Å². The lowest BCUT2D eigenvalue weighted by Gasteiger charge is -2.28. The molecule has 0 aromatic heterocycles. The first-order valence-electron chi connectivity index (χ1n) is 9.47. The van der Waals surface area contributed by atoms with Crippen LogP contribution in [0.15, 0.2) is 90.5 Å². The van der Waals surface area contributed by atoms with E-state index in [-0.39, 0.29) is 10.7 Å². The molecule has 0 saturated carbocycles. The number of ketones is 1. The van der Waals surface area contributed by atoms with E-state index in [0.717, 1.165) is 11.0 Å². The lowest BCUT2D eigenvalue weighted by atomic mass is 10.1. The summed E-state index contributed by atoms with van der Waals surface area (Å²) >= 11 is 11.0. The quantitative estimate of drug-likeness (QED) is 0.258.